The number of rotatable bonds is 2. The smallest absolute Gasteiger partial charge is 0.292 e. The van der Waals surface area contributed by atoms with Crippen LogP contribution in [0.3, 0.4) is 0 Å². The van der Waals surface area contributed by atoms with Crippen molar-refractivity contribution in [3.05, 3.63) is 34.9 Å². The molecule has 14 heavy (non-hydrogen) atoms. The van der Waals surface area contributed by atoms with E-state index in [-0.39, 0.29) is 0 Å². The number of Topliss-reactive ketones (excluding diaryl/α,β-unsaturated/α-hetero) is 1. The van der Waals surface area contributed by atoms with E-state index in [1.807, 2.05) is 26.0 Å². The quantitative estimate of drug-likeness (QED) is 0.564. The lowest BCUT2D eigenvalue weighted by atomic mass is 10.0. The summed E-state index contributed by atoms with van der Waals surface area (Å²) in [4.78, 5) is 22.7. The summed E-state index contributed by atoms with van der Waals surface area (Å²) in [5.41, 5.74) is 2.27. The minimum absolute atomic E-state index is 0.476. The number of amides is 1. The van der Waals surface area contributed by atoms with Crippen LogP contribution in [0, 0.1) is 13.8 Å². The van der Waals surface area contributed by atoms with Crippen LogP contribution in [0.2, 0.25) is 0 Å². The first-order chi connectivity index (χ1) is 6.56. The SMILES string of the molecule is CNC(=O)C(=O)c1cc(C)ccc1C. The van der Waals surface area contributed by atoms with Gasteiger partial charge in [-0.05, 0) is 25.5 Å². The van der Waals surface area contributed by atoms with Crippen molar-refractivity contribution in [2.24, 2.45) is 0 Å². The molecule has 0 aromatic heterocycles. The van der Waals surface area contributed by atoms with Gasteiger partial charge in [0.15, 0.2) is 0 Å². The van der Waals surface area contributed by atoms with Gasteiger partial charge in [-0.15, -0.1) is 0 Å². The number of hydrogen-bond donors (Lipinski definition) is 1. The first-order valence-electron chi connectivity index (χ1n) is 4.40. The molecule has 0 saturated heterocycles. The highest BCUT2D eigenvalue weighted by molar-refractivity contribution is 6.43. The van der Waals surface area contributed by atoms with Gasteiger partial charge >= 0.3 is 0 Å². The van der Waals surface area contributed by atoms with Gasteiger partial charge < -0.3 is 5.32 Å². The average molecular weight is 191 g/mol. The molecule has 0 bridgehead atoms. The summed E-state index contributed by atoms with van der Waals surface area (Å²) in [5, 5.41) is 2.32. The molecule has 0 unspecified atom stereocenters. The van der Waals surface area contributed by atoms with Crippen LogP contribution in [-0.4, -0.2) is 18.7 Å². The van der Waals surface area contributed by atoms with Gasteiger partial charge in [-0.25, -0.2) is 0 Å². The molecule has 1 N–H and O–H groups in total. The molecule has 1 amide bonds. The van der Waals surface area contributed by atoms with E-state index in [4.69, 9.17) is 0 Å². The monoisotopic (exact) mass is 191 g/mol. The van der Waals surface area contributed by atoms with Gasteiger partial charge in [0, 0.05) is 12.6 Å². The first-order valence-corrected chi connectivity index (χ1v) is 4.40. The highest BCUT2D eigenvalue weighted by atomic mass is 16.2. The normalized spacial score (nSPS) is 9.64. The van der Waals surface area contributed by atoms with Gasteiger partial charge in [-0.1, -0.05) is 17.7 Å². The molecular formula is C11H13NO2. The number of aryl methyl sites for hydroxylation is 2. The van der Waals surface area contributed by atoms with E-state index in [1.165, 1.54) is 7.05 Å². The van der Waals surface area contributed by atoms with Crippen molar-refractivity contribution in [1.29, 1.82) is 0 Å². The highest BCUT2D eigenvalue weighted by Crippen LogP contribution is 2.11. The third-order valence-electron chi connectivity index (χ3n) is 2.07. The van der Waals surface area contributed by atoms with Crippen molar-refractivity contribution < 1.29 is 9.59 Å². The number of carbonyl (C=O) groups is 2. The first kappa shape index (κ1) is 10.4. The largest absolute Gasteiger partial charge is 0.352 e. The standard InChI is InChI=1S/C11H13NO2/c1-7-4-5-8(2)9(6-7)10(13)11(14)12-3/h4-6H,1-3H3,(H,12,14). The van der Waals surface area contributed by atoms with Crippen molar-refractivity contribution in [2.45, 2.75) is 13.8 Å². The minimum Gasteiger partial charge on any atom is -0.352 e. The lowest BCUT2D eigenvalue weighted by Gasteiger charge is -2.04. The second-order valence-electron chi connectivity index (χ2n) is 3.23. The maximum atomic E-state index is 11.5. The summed E-state index contributed by atoms with van der Waals surface area (Å²) in [6.45, 7) is 3.70. The fourth-order valence-corrected chi connectivity index (χ4v) is 1.22. The number of carbonyl (C=O) groups excluding carboxylic acids is 2. The van der Waals surface area contributed by atoms with Gasteiger partial charge in [-0.2, -0.15) is 0 Å². The van der Waals surface area contributed by atoms with Crippen molar-refractivity contribution in [3.8, 4) is 0 Å². The van der Waals surface area contributed by atoms with E-state index in [0.29, 0.717) is 5.56 Å². The van der Waals surface area contributed by atoms with Gasteiger partial charge in [0.25, 0.3) is 5.91 Å². The molecule has 74 valence electrons. The van der Waals surface area contributed by atoms with Gasteiger partial charge in [0.2, 0.25) is 5.78 Å². The molecule has 0 aliphatic heterocycles. The molecule has 0 spiro atoms. The van der Waals surface area contributed by atoms with E-state index >= 15 is 0 Å². The molecule has 0 saturated carbocycles. The summed E-state index contributed by atoms with van der Waals surface area (Å²) < 4.78 is 0. The molecule has 1 aromatic rings. The lowest BCUT2D eigenvalue weighted by Crippen LogP contribution is -2.28. The van der Waals surface area contributed by atoms with Crippen LogP contribution in [0.25, 0.3) is 0 Å². The molecule has 0 atom stereocenters. The molecule has 3 nitrogen and oxygen atoms in total. The lowest BCUT2D eigenvalue weighted by molar-refractivity contribution is -0.116. The second-order valence-corrected chi connectivity index (χ2v) is 3.23. The van der Waals surface area contributed by atoms with Crippen molar-refractivity contribution in [3.63, 3.8) is 0 Å². The van der Waals surface area contributed by atoms with Crippen LogP contribution in [0.5, 0.6) is 0 Å². The number of hydrogen-bond acceptors (Lipinski definition) is 2. The Morgan fingerprint density at radius 3 is 2.43 bits per heavy atom. The predicted octanol–water partition coefficient (Wildman–Crippen LogP) is 1.23. The Kier molecular flexibility index (Phi) is 3.02. The van der Waals surface area contributed by atoms with Crippen LogP contribution in [0.15, 0.2) is 18.2 Å². The number of ketones is 1. The Balaban J connectivity index is 3.12. The fourth-order valence-electron chi connectivity index (χ4n) is 1.22. The molecule has 0 heterocycles. The number of benzene rings is 1. The Morgan fingerprint density at radius 1 is 1.21 bits per heavy atom. The third kappa shape index (κ3) is 1.99. The zero-order chi connectivity index (χ0) is 10.7. The van der Waals surface area contributed by atoms with Crippen molar-refractivity contribution >= 4 is 11.7 Å². The summed E-state index contributed by atoms with van der Waals surface area (Å²) in [6.07, 6.45) is 0. The number of nitrogens with one attached hydrogen (secondary N) is 1. The molecule has 0 radical (unpaired) electrons. The van der Waals surface area contributed by atoms with E-state index in [2.05, 4.69) is 5.32 Å². The Labute approximate surface area is 83.1 Å². The van der Waals surface area contributed by atoms with Crippen molar-refractivity contribution in [2.75, 3.05) is 7.05 Å². The average Bonchev–Trinajstić information content (AvgIpc) is 2.19. The van der Waals surface area contributed by atoms with Crippen LogP contribution in [0.1, 0.15) is 21.5 Å². The van der Waals surface area contributed by atoms with Crippen LogP contribution >= 0.6 is 0 Å². The topological polar surface area (TPSA) is 46.2 Å². The van der Waals surface area contributed by atoms with Crippen LogP contribution in [0.4, 0.5) is 0 Å². The molecule has 3 heteroatoms. The maximum absolute atomic E-state index is 11.5. The zero-order valence-corrected chi connectivity index (χ0v) is 8.55. The molecular weight excluding hydrogens is 178 g/mol. The molecule has 0 aliphatic rings. The molecule has 0 fully saturated rings. The Hall–Kier alpha value is -1.64. The van der Waals surface area contributed by atoms with E-state index in [1.54, 1.807) is 6.07 Å². The van der Waals surface area contributed by atoms with Crippen LogP contribution in [-0.2, 0) is 4.79 Å². The summed E-state index contributed by atoms with van der Waals surface area (Å²) in [5.74, 6) is -1.05. The maximum Gasteiger partial charge on any atom is 0.292 e. The Bertz CT molecular complexity index is 383. The molecule has 1 rings (SSSR count). The van der Waals surface area contributed by atoms with Gasteiger partial charge in [0.1, 0.15) is 0 Å². The summed E-state index contributed by atoms with van der Waals surface area (Å²) in [7, 11) is 1.45. The van der Waals surface area contributed by atoms with Gasteiger partial charge in [0.05, 0.1) is 0 Å². The van der Waals surface area contributed by atoms with Gasteiger partial charge in [-0.3, -0.25) is 9.59 Å². The highest BCUT2D eigenvalue weighted by Gasteiger charge is 2.16. The summed E-state index contributed by atoms with van der Waals surface area (Å²) in [6, 6.07) is 5.48. The predicted molar refractivity (Wildman–Crippen MR) is 54.3 cm³/mol. The van der Waals surface area contributed by atoms with E-state index in [0.717, 1.165) is 11.1 Å². The molecule has 1 aromatic carbocycles. The van der Waals surface area contributed by atoms with Crippen LogP contribution < -0.4 is 5.32 Å². The molecule has 0 aliphatic carbocycles. The number of likely N-dealkylation sites (N-methyl/N-ethyl adjacent to an activating group) is 1. The zero-order valence-electron chi connectivity index (χ0n) is 8.55. The fraction of sp³-hybridized carbons (Fsp3) is 0.273. The van der Waals surface area contributed by atoms with Crippen molar-refractivity contribution in [1.82, 2.24) is 5.32 Å². The minimum atomic E-state index is -0.571. The summed E-state index contributed by atoms with van der Waals surface area (Å²) >= 11 is 0. The second kappa shape index (κ2) is 4.05. The van der Waals surface area contributed by atoms with E-state index in [9.17, 15) is 9.59 Å². The van der Waals surface area contributed by atoms with E-state index < -0.39 is 11.7 Å². The Morgan fingerprint density at radius 2 is 1.86 bits per heavy atom. The third-order valence-corrected chi connectivity index (χ3v) is 2.07.